The van der Waals surface area contributed by atoms with Gasteiger partial charge in [-0.3, -0.25) is 0 Å². The van der Waals surface area contributed by atoms with Crippen molar-refractivity contribution in [3.63, 3.8) is 0 Å². The van der Waals surface area contributed by atoms with Gasteiger partial charge in [0, 0.05) is 6.61 Å². The molecule has 0 amide bonds. The van der Waals surface area contributed by atoms with Crippen LogP contribution in [0.1, 0.15) is 40.5 Å². The predicted molar refractivity (Wildman–Crippen MR) is 65.0 cm³/mol. The molecule has 0 aromatic heterocycles. The molecular weight excluding hydrogens is 222 g/mol. The van der Waals surface area contributed by atoms with Crippen LogP contribution >= 0.6 is 0 Å². The van der Waals surface area contributed by atoms with Gasteiger partial charge in [-0.2, -0.15) is 0 Å². The molecule has 6 nitrogen and oxygen atoms in total. The molecule has 0 aliphatic carbocycles. The Morgan fingerprint density at radius 2 is 2.06 bits per heavy atom. The molecular formula is C11H25N3O3. The lowest BCUT2D eigenvalue weighted by molar-refractivity contribution is -0.719. The number of aliphatic hydroxyl groups excluding tert-OH is 1. The van der Waals surface area contributed by atoms with E-state index in [4.69, 9.17) is 9.94 Å². The van der Waals surface area contributed by atoms with E-state index in [9.17, 15) is 5.21 Å². The lowest BCUT2D eigenvalue weighted by atomic mass is 10.1. The monoisotopic (exact) mass is 247 g/mol. The topological polar surface area (TPSA) is 71.1 Å². The van der Waals surface area contributed by atoms with Crippen molar-refractivity contribution in [2.75, 3.05) is 20.3 Å². The third-order valence-electron chi connectivity index (χ3n) is 2.60. The molecule has 102 valence electrons. The van der Waals surface area contributed by atoms with Crippen molar-refractivity contribution in [1.82, 2.24) is 5.01 Å². The predicted octanol–water partition coefficient (Wildman–Crippen LogP) is 1.93. The van der Waals surface area contributed by atoms with Crippen LogP contribution in [-0.4, -0.2) is 40.9 Å². The Labute approximate surface area is 103 Å². The van der Waals surface area contributed by atoms with Gasteiger partial charge in [-0.1, -0.05) is 6.92 Å². The fraction of sp³-hybridized carbons (Fsp3) is 1.00. The van der Waals surface area contributed by atoms with E-state index in [-0.39, 0.29) is 18.1 Å². The van der Waals surface area contributed by atoms with E-state index < -0.39 is 0 Å². The van der Waals surface area contributed by atoms with E-state index in [0.29, 0.717) is 11.6 Å². The first-order chi connectivity index (χ1) is 7.79. The van der Waals surface area contributed by atoms with E-state index in [2.05, 4.69) is 5.28 Å². The second-order valence-corrected chi connectivity index (χ2v) is 5.29. The average molecular weight is 247 g/mol. The average Bonchev–Trinajstić information content (AvgIpc) is 2.25. The van der Waals surface area contributed by atoms with Gasteiger partial charge in [0.15, 0.2) is 0 Å². The van der Waals surface area contributed by atoms with Crippen LogP contribution in [0.3, 0.4) is 0 Å². The first-order valence-electron chi connectivity index (χ1n) is 5.93. The Morgan fingerprint density at radius 3 is 2.53 bits per heavy atom. The van der Waals surface area contributed by atoms with Crippen LogP contribution in [-0.2, 0) is 4.84 Å². The molecule has 0 aromatic rings. The quantitative estimate of drug-likeness (QED) is 0.323. The lowest BCUT2D eigenvalue weighted by Crippen LogP contribution is -2.42. The van der Waals surface area contributed by atoms with Gasteiger partial charge < -0.3 is 15.2 Å². The molecule has 0 radical (unpaired) electrons. The Hall–Kier alpha value is -1.04. The molecule has 0 saturated carbocycles. The molecule has 17 heavy (non-hydrogen) atoms. The van der Waals surface area contributed by atoms with Crippen molar-refractivity contribution in [3.8, 4) is 0 Å². The van der Waals surface area contributed by atoms with Crippen LogP contribution in [0.4, 0.5) is 0 Å². The summed E-state index contributed by atoms with van der Waals surface area (Å²) in [4.78, 5) is 5.38. The number of hydrazine groups is 1. The van der Waals surface area contributed by atoms with Crippen molar-refractivity contribution >= 4 is 0 Å². The van der Waals surface area contributed by atoms with Gasteiger partial charge in [0.1, 0.15) is 6.61 Å². The number of hydrogen-bond acceptors (Lipinski definition) is 4. The van der Waals surface area contributed by atoms with Gasteiger partial charge in [-0.05, 0) is 39.5 Å². The summed E-state index contributed by atoms with van der Waals surface area (Å²) in [6, 6.07) is 0. The molecule has 0 rings (SSSR count). The molecule has 1 unspecified atom stereocenters. The van der Waals surface area contributed by atoms with E-state index in [0.717, 1.165) is 12.8 Å². The minimum absolute atomic E-state index is 0.178. The molecule has 0 heterocycles. The van der Waals surface area contributed by atoms with Crippen molar-refractivity contribution in [3.05, 3.63) is 5.21 Å². The fourth-order valence-corrected chi connectivity index (χ4v) is 0.989. The second kappa shape index (κ2) is 7.32. The summed E-state index contributed by atoms with van der Waals surface area (Å²) in [5, 5.41) is 25.2. The van der Waals surface area contributed by atoms with Crippen LogP contribution in [0, 0.1) is 11.1 Å². The van der Waals surface area contributed by atoms with Crippen molar-refractivity contribution < 1.29 is 14.9 Å². The number of hydrogen-bond donors (Lipinski definition) is 1. The fourth-order valence-electron chi connectivity index (χ4n) is 0.989. The molecule has 0 saturated heterocycles. The maximum Gasteiger partial charge on any atom is 0.233 e. The zero-order chi connectivity index (χ0) is 13.5. The summed E-state index contributed by atoms with van der Waals surface area (Å²) in [6.45, 7) is 8.27. The minimum Gasteiger partial charge on any atom is -0.569 e. The van der Waals surface area contributed by atoms with E-state index in [1.165, 1.54) is 5.01 Å². The van der Waals surface area contributed by atoms with Gasteiger partial charge in [-0.25, -0.2) is 0 Å². The van der Waals surface area contributed by atoms with Crippen LogP contribution in [0.5, 0.6) is 0 Å². The third kappa shape index (κ3) is 6.99. The summed E-state index contributed by atoms with van der Waals surface area (Å²) in [5.41, 5.74) is -0.292. The zero-order valence-corrected chi connectivity index (χ0v) is 11.5. The number of rotatable bonds is 7. The molecule has 0 fully saturated rings. The Bertz CT molecular complexity index is 239. The molecule has 1 atom stereocenters. The van der Waals surface area contributed by atoms with Gasteiger partial charge in [0.25, 0.3) is 0 Å². The van der Waals surface area contributed by atoms with E-state index in [1.54, 1.807) is 7.05 Å². The smallest absolute Gasteiger partial charge is 0.233 e. The zero-order valence-electron chi connectivity index (χ0n) is 11.5. The first-order valence-corrected chi connectivity index (χ1v) is 5.93. The highest BCUT2D eigenvalue weighted by atomic mass is 16.7. The SMILES string of the molecule is CC(CO)CCCO/N=[N+](\[O-])N(C)C(C)(C)C. The molecule has 0 aromatic carbocycles. The number of nitrogens with zero attached hydrogens (tertiary/aromatic N) is 3. The van der Waals surface area contributed by atoms with E-state index >= 15 is 0 Å². The molecule has 0 aliphatic heterocycles. The summed E-state index contributed by atoms with van der Waals surface area (Å²) < 4.78 is 0. The lowest BCUT2D eigenvalue weighted by Gasteiger charge is -2.26. The molecule has 0 bridgehead atoms. The van der Waals surface area contributed by atoms with E-state index in [1.807, 2.05) is 27.7 Å². The molecule has 1 N–H and O–H groups in total. The standard InChI is InChI=1S/C11H25N3O3/c1-10(9-15)7-6-8-17-12-14(16)13(5)11(2,3)4/h10,15H,6-9H2,1-5H3/b14-12-. The summed E-state index contributed by atoms with van der Waals surface area (Å²) in [6.07, 6.45) is 1.64. The van der Waals surface area contributed by atoms with Crippen molar-refractivity contribution in [1.29, 1.82) is 0 Å². The van der Waals surface area contributed by atoms with Crippen molar-refractivity contribution in [2.24, 2.45) is 11.2 Å². The number of aliphatic hydroxyl groups is 1. The van der Waals surface area contributed by atoms with Crippen molar-refractivity contribution in [2.45, 2.75) is 46.1 Å². The normalized spacial score (nSPS) is 14.6. The van der Waals surface area contributed by atoms with Gasteiger partial charge >= 0.3 is 0 Å². The van der Waals surface area contributed by atoms with Gasteiger partial charge in [-0.15, -0.1) is 5.01 Å². The molecule has 0 aliphatic rings. The first kappa shape index (κ1) is 16.0. The summed E-state index contributed by atoms with van der Waals surface area (Å²) in [5.74, 6) is 0.263. The van der Waals surface area contributed by atoms with Crippen LogP contribution < -0.4 is 0 Å². The van der Waals surface area contributed by atoms with Crippen LogP contribution in [0.2, 0.25) is 0 Å². The van der Waals surface area contributed by atoms with Crippen LogP contribution in [0.25, 0.3) is 0 Å². The highest BCUT2D eigenvalue weighted by Crippen LogP contribution is 2.10. The summed E-state index contributed by atoms with van der Waals surface area (Å²) in [7, 11) is 1.66. The maximum absolute atomic E-state index is 11.5. The summed E-state index contributed by atoms with van der Waals surface area (Å²) >= 11 is 0. The molecule has 0 spiro atoms. The second-order valence-electron chi connectivity index (χ2n) is 5.29. The maximum atomic E-state index is 11.5. The highest BCUT2D eigenvalue weighted by Gasteiger charge is 2.24. The largest absolute Gasteiger partial charge is 0.569 e. The third-order valence-corrected chi connectivity index (χ3v) is 2.60. The Kier molecular flexibility index (Phi) is 6.87. The van der Waals surface area contributed by atoms with Crippen LogP contribution in [0.15, 0.2) is 5.28 Å². The highest BCUT2D eigenvalue weighted by molar-refractivity contribution is 4.64. The molecule has 6 heteroatoms. The van der Waals surface area contributed by atoms with Gasteiger partial charge in [0.05, 0.1) is 17.6 Å². The Balaban J connectivity index is 3.85. The Morgan fingerprint density at radius 1 is 1.47 bits per heavy atom. The van der Waals surface area contributed by atoms with Gasteiger partial charge in [0.2, 0.25) is 5.28 Å². The minimum atomic E-state index is -0.292.